The summed E-state index contributed by atoms with van der Waals surface area (Å²) >= 11 is 0. The highest BCUT2D eigenvalue weighted by atomic mass is 16.3. The van der Waals surface area contributed by atoms with E-state index >= 15 is 0 Å². The predicted octanol–water partition coefficient (Wildman–Crippen LogP) is 1.91. The van der Waals surface area contributed by atoms with E-state index in [1.807, 2.05) is 4.90 Å². The summed E-state index contributed by atoms with van der Waals surface area (Å²) in [5.74, 6) is 0.573. The third-order valence-corrected chi connectivity index (χ3v) is 5.74. The highest BCUT2D eigenvalue weighted by Crippen LogP contribution is 2.42. The lowest BCUT2D eigenvalue weighted by atomic mass is 9.74. The molecule has 2 saturated heterocycles. The van der Waals surface area contributed by atoms with Crippen molar-refractivity contribution in [2.24, 2.45) is 11.3 Å². The van der Waals surface area contributed by atoms with Crippen LogP contribution in [0.3, 0.4) is 0 Å². The summed E-state index contributed by atoms with van der Waals surface area (Å²) in [6.07, 6.45) is 2.14. The average molecular weight is 316 g/mol. The molecule has 126 valence electrons. The van der Waals surface area contributed by atoms with Gasteiger partial charge < -0.3 is 10.0 Å². The Balaban J connectivity index is 1.68. The highest BCUT2D eigenvalue weighted by molar-refractivity contribution is 5.73. The van der Waals surface area contributed by atoms with Crippen molar-refractivity contribution < 1.29 is 9.90 Å². The van der Waals surface area contributed by atoms with Crippen molar-refractivity contribution in [2.75, 3.05) is 32.8 Å². The number of nitrogens with zero attached hydrogens (tertiary/aromatic N) is 2. The molecule has 1 aromatic carbocycles. The van der Waals surface area contributed by atoms with Crippen LogP contribution in [-0.2, 0) is 17.8 Å². The maximum absolute atomic E-state index is 11.7. The Morgan fingerprint density at radius 2 is 1.96 bits per heavy atom. The monoisotopic (exact) mass is 316 g/mol. The number of carbonyl (C=O) groups excluding carboxylic acids is 1. The van der Waals surface area contributed by atoms with Crippen LogP contribution in [-0.4, -0.2) is 53.6 Å². The van der Waals surface area contributed by atoms with E-state index in [0.717, 1.165) is 39.0 Å². The maximum atomic E-state index is 11.7. The molecule has 0 aliphatic carbocycles. The van der Waals surface area contributed by atoms with E-state index in [4.69, 9.17) is 0 Å². The molecule has 2 atom stereocenters. The van der Waals surface area contributed by atoms with Gasteiger partial charge in [0.15, 0.2) is 0 Å². The number of hydrogen-bond acceptors (Lipinski definition) is 3. The van der Waals surface area contributed by atoms with Gasteiger partial charge in [0.05, 0.1) is 6.61 Å². The Morgan fingerprint density at radius 3 is 2.57 bits per heavy atom. The minimum Gasteiger partial charge on any atom is -0.396 e. The molecule has 0 aromatic heterocycles. The van der Waals surface area contributed by atoms with Crippen LogP contribution in [0.4, 0.5) is 0 Å². The van der Waals surface area contributed by atoms with Crippen LogP contribution >= 0.6 is 0 Å². The first-order valence-electron chi connectivity index (χ1n) is 8.73. The maximum Gasteiger partial charge on any atom is 0.219 e. The zero-order chi connectivity index (χ0) is 16.4. The zero-order valence-electron chi connectivity index (χ0n) is 14.3. The number of piperidine rings is 1. The second kappa shape index (κ2) is 6.62. The Labute approximate surface area is 139 Å². The summed E-state index contributed by atoms with van der Waals surface area (Å²) in [5.41, 5.74) is 2.56. The molecule has 4 heteroatoms. The van der Waals surface area contributed by atoms with Gasteiger partial charge in [-0.3, -0.25) is 9.69 Å². The fraction of sp³-hybridized carbons (Fsp3) is 0.632. The molecule has 0 radical (unpaired) electrons. The summed E-state index contributed by atoms with van der Waals surface area (Å²) in [4.78, 5) is 16.1. The summed E-state index contributed by atoms with van der Waals surface area (Å²) < 4.78 is 0. The van der Waals surface area contributed by atoms with Crippen LogP contribution < -0.4 is 0 Å². The molecule has 0 saturated carbocycles. The van der Waals surface area contributed by atoms with Gasteiger partial charge in [-0.05, 0) is 36.4 Å². The Morgan fingerprint density at radius 1 is 1.26 bits per heavy atom. The van der Waals surface area contributed by atoms with Crippen LogP contribution in [0.1, 0.15) is 31.4 Å². The first kappa shape index (κ1) is 16.5. The number of hydrogen-bond donors (Lipinski definition) is 1. The molecule has 2 fully saturated rings. The number of carbonyl (C=O) groups is 1. The van der Waals surface area contributed by atoms with Gasteiger partial charge in [0.2, 0.25) is 5.91 Å². The van der Waals surface area contributed by atoms with E-state index in [1.54, 1.807) is 6.92 Å². The second-order valence-corrected chi connectivity index (χ2v) is 7.29. The number of aliphatic hydroxyl groups excluding tert-OH is 1. The first-order valence-corrected chi connectivity index (χ1v) is 8.73. The van der Waals surface area contributed by atoms with E-state index in [0.29, 0.717) is 12.5 Å². The molecule has 0 bridgehead atoms. The molecule has 23 heavy (non-hydrogen) atoms. The molecule has 1 aromatic rings. The van der Waals surface area contributed by atoms with Crippen LogP contribution in [0.25, 0.3) is 0 Å². The molecule has 3 rings (SSSR count). The number of likely N-dealkylation sites (tertiary alicyclic amines) is 2. The molecular formula is C19H28N2O2. The van der Waals surface area contributed by atoms with Gasteiger partial charge in [-0.15, -0.1) is 0 Å². The number of amides is 1. The molecule has 2 aliphatic heterocycles. The standard InChI is InChI=1S/C19H28N2O2/c1-3-16-4-6-17(7-5-16)10-20-9-8-18-11-21(15(2)23)13-19(18,12-20)14-22/h4-7,18,22H,3,8-14H2,1-2H3/t18-,19+/m0/s1. The molecule has 0 spiro atoms. The SMILES string of the molecule is CCc1ccc(CN2CC[C@H]3CN(C(C)=O)C[C@@]3(CO)C2)cc1. The van der Waals surface area contributed by atoms with E-state index in [-0.39, 0.29) is 17.9 Å². The van der Waals surface area contributed by atoms with Gasteiger partial charge in [0.25, 0.3) is 0 Å². The molecule has 1 N–H and O–H groups in total. The van der Waals surface area contributed by atoms with Crippen molar-refractivity contribution >= 4 is 5.91 Å². The van der Waals surface area contributed by atoms with Crippen molar-refractivity contribution in [3.8, 4) is 0 Å². The lowest BCUT2D eigenvalue weighted by Gasteiger charge is -2.43. The summed E-state index contributed by atoms with van der Waals surface area (Å²) in [5, 5.41) is 10.0. The molecule has 0 unspecified atom stereocenters. The second-order valence-electron chi connectivity index (χ2n) is 7.29. The van der Waals surface area contributed by atoms with Crippen LogP contribution in [0.2, 0.25) is 0 Å². The van der Waals surface area contributed by atoms with Crippen LogP contribution in [0, 0.1) is 11.3 Å². The van der Waals surface area contributed by atoms with Crippen molar-refractivity contribution in [2.45, 2.75) is 33.2 Å². The quantitative estimate of drug-likeness (QED) is 0.923. The molecule has 2 heterocycles. The average Bonchev–Trinajstić information content (AvgIpc) is 2.95. The van der Waals surface area contributed by atoms with E-state index < -0.39 is 0 Å². The topological polar surface area (TPSA) is 43.8 Å². The number of aliphatic hydroxyl groups is 1. The van der Waals surface area contributed by atoms with Crippen molar-refractivity contribution in [3.05, 3.63) is 35.4 Å². The number of aryl methyl sites for hydroxylation is 1. The first-order chi connectivity index (χ1) is 11.1. The minimum atomic E-state index is -0.132. The van der Waals surface area contributed by atoms with E-state index in [2.05, 4.69) is 36.1 Å². The lowest BCUT2D eigenvalue weighted by molar-refractivity contribution is -0.128. The van der Waals surface area contributed by atoms with Crippen molar-refractivity contribution in [3.63, 3.8) is 0 Å². The minimum absolute atomic E-state index is 0.132. The molecule has 2 aliphatic rings. The van der Waals surface area contributed by atoms with Gasteiger partial charge in [0.1, 0.15) is 0 Å². The highest BCUT2D eigenvalue weighted by Gasteiger charge is 2.49. The van der Waals surface area contributed by atoms with Crippen molar-refractivity contribution in [1.29, 1.82) is 0 Å². The van der Waals surface area contributed by atoms with E-state index in [1.165, 1.54) is 11.1 Å². The summed E-state index contributed by atoms with van der Waals surface area (Å²) in [7, 11) is 0. The van der Waals surface area contributed by atoms with Gasteiger partial charge >= 0.3 is 0 Å². The van der Waals surface area contributed by atoms with Gasteiger partial charge in [-0.1, -0.05) is 31.2 Å². The Kier molecular flexibility index (Phi) is 4.74. The third kappa shape index (κ3) is 3.29. The number of fused-ring (bicyclic) bond motifs is 1. The fourth-order valence-electron chi connectivity index (χ4n) is 4.22. The summed E-state index contributed by atoms with van der Waals surface area (Å²) in [6.45, 7) is 8.36. The zero-order valence-corrected chi connectivity index (χ0v) is 14.3. The Hall–Kier alpha value is -1.39. The lowest BCUT2D eigenvalue weighted by Crippen LogP contribution is -2.50. The van der Waals surface area contributed by atoms with Gasteiger partial charge in [0, 0.05) is 38.5 Å². The normalized spacial score (nSPS) is 28.0. The van der Waals surface area contributed by atoms with Crippen LogP contribution in [0.5, 0.6) is 0 Å². The van der Waals surface area contributed by atoms with Gasteiger partial charge in [-0.25, -0.2) is 0 Å². The van der Waals surface area contributed by atoms with E-state index in [9.17, 15) is 9.90 Å². The largest absolute Gasteiger partial charge is 0.396 e. The number of benzene rings is 1. The molecule has 4 nitrogen and oxygen atoms in total. The number of rotatable bonds is 4. The fourth-order valence-corrected chi connectivity index (χ4v) is 4.22. The predicted molar refractivity (Wildman–Crippen MR) is 91.0 cm³/mol. The van der Waals surface area contributed by atoms with Crippen molar-refractivity contribution in [1.82, 2.24) is 9.80 Å². The third-order valence-electron chi connectivity index (χ3n) is 5.74. The molecular weight excluding hydrogens is 288 g/mol. The van der Waals surface area contributed by atoms with Gasteiger partial charge in [-0.2, -0.15) is 0 Å². The summed E-state index contributed by atoms with van der Waals surface area (Å²) in [6, 6.07) is 8.84. The Bertz CT molecular complexity index is 557. The smallest absolute Gasteiger partial charge is 0.219 e. The molecule has 1 amide bonds. The van der Waals surface area contributed by atoms with Crippen LogP contribution in [0.15, 0.2) is 24.3 Å².